The molecule has 10 nitrogen and oxygen atoms in total. The smallest absolute Gasteiger partial charge is 0.339 e. The molecule has 0 aliphatic carbocycles. The van der Waals surface area contributed by atoms with E-state index in [2.05, 4.69) is 4.98 Å². The van der Waals surface area contributed by atoms with Crippen LogP contribution in [-0.4, -0.2) is 54.0 Å². The van der Waals surface area contributed by atoms with Gasteiger partial charge < -0.3 is 30.3 Å². The molecule has 0 aliphatic heterocycles. The van der Waals surface area contributed by atoms with E-state index in [9.17, 15) is 29.7 Å². The maximum atomic E-state index is 11.9. The third kappa shape index (κ3) is 4.64. The van der Waals surface area contributed by atoms with Gasteiger partial charge in [0, 0.05) is 17.3 Å². The minimum Gasteiger partial charge on any atom is -0.506 e. The topological polar surface area (TPSA) is 174 Å². The zero-order valence-corrected chi connectivity index (χ0v) is 12.7. The highest BCUT2D eigenvalue weighted by Crippen LogP contribution is 2.25. The van der Waals surface area contributed by atoms with Crippen LogP contribution in [0.2, 0.25) is 0 Å². The molecule has 0 fully saturated rings. The molecule has 0 aliphatic rings. The molecule has 0 bridgehead atoms. The van der Waals surface area contributed by atoms with E-state index < -0.39 is 49.6 Å². The highest BCUT2D eigenvalue weighted by atomic mass is 16.6. The second-order valence-corrected chi connectivity index (χ2v) is 5.10. The van der Waals surface area contributed by atoms with Crippen molar-refractivity contribution in [2.45, 2.75) is 38.6 Å². The van der Waals surface area contributed by atoms with Gasteiger partial charge in [-0.25, -0.2) is 4.79 Å². The number of carbonyl (C=O) groups is 3. The van der Waals surface area contributed by atoms with E-state index in [0.29, 0.717) is 0 Å². The number of carboxylic acids is 2. The van der Waals surface area contributed by atoms with E-state index in [1.807, 2.05) is 0 Å². The fraction of sp³-hybridized carbons (Fsp3) is 0.429. The van der Waals surface area contributed by atoms with E-state index >= 15 is 0 Å². The number of aliphatic hydroxyl groups excluding tert-OH is 1. The summed E-state index contributed by atoms with van der Waals surface area (Å²) in [5.41, 5.74) is -2.32. The Labute approximate surface area is 136 Å². The number of aromatic nitrogens is 1. The molecule has 0 aromatic carbocycles. The van der Waals surface area contributed by atoms with Crippen molar-refractivity contribution in [2.75, 3.05) is 0 Å². The number of ether oxygens (including phenoxy) is 1. The molecular weight excluding hydrogens is 326 g/mol. The Morgan fingerprint density at radius 2 is 1.75 bits per heavy atom. The molecular formula is C14H17NO9. The number of hydrogen-bond donors (Lipinski definition) is 5. The number of aryl methyl sites for hydroxylation is 1. The van der Waals surface area contributed by atoms with Crippen LogP contribution in [0.1, 0.15) is 29.7 Å². The van der Waals surface area contributed by atoms with E-state index in [-0.39, 0.29) is 22.6 Å². The standard InChI is InChI=1S/C14H17NO9/c1-7-12(21)9(5-16)8(4-15-7)6-24-13(22)14(23,2-10(17)18)3-11(19)20/h4,16,21,23H,2-3,5-6H2,1H3,(H,17,18)(H,19,20). The fourth-order valence-electron chi connectivity index (χ4n) is 1.97. The van der Waals surface area contributed by atoms with Gasteiger partial charge in [-0.2, -0.15) is 0 Å². The summed E-state index contributed by atoms with van der Waals surface area (Å²) in [5, 5.41) is 46.4. The quantitative estimate of drug-likeness (QED) is 0.380. The number of nitrogens with zero attached hydrogens (tertiary/aromatic N) is 1. The van der Waals surface area contributed by atoms with Gasteiger partial charge >= 0.3 is 17.9 Å². The first-order valence-electron chi connectivity index (χ1n) is 6.71. The van der Waals surface area contributed by atoms with Crippen molar-refractivity contribution in [3.63, 3.8) is 0 Å². The summed E-state index contributed by atoms with van der Waals surface area (Å²) in [6.07, 6.45) is -1.08. The molecule has 0 unspecified atom stereocenters. The lowest BCUT2D eigenvalue weighted by Crippen LogP contribution is -2.44. The predicted octanol–water partition coefficient (Wildman–Crippen LogP) is -0.688. The zero-order valence-electron chi connectivity index (χ0n) is 12.7. The van der Waals surface area contributed by atoms with Crippen LogP contribution in [0.3, 0.4) is 0 Å². The van der Waals surface area contributed by atoms with Crippen molar-refractivity contribution in [1.29, 1.82) is 0 Å². The van der Waals surface area contributed by atoms with Crippen molar-refractivity contribution in [1.82, 2.24) is 4.98 Å². The average Bonchev–Trinajstić information content (AvgIpc) is 2.46. The summed E-state index contributed by atoms with van der Waals surface area (Å²) in [4.78, 5) is 37.2. The Morgan fingerprint density at radius 1 is 1.21 bits per heavy atom. The number of aromatic hydroxyl groups is 1. The first-order valence-corrected chi connectivity index (χ1v) is 6.71. The lowest BCUT2D eigenvalue weighted by molar-refractivity contribution is -0.176. The first kappa shape index (κ1) is 19.3. The van der Waals surface area contributed by atoms with Crippen molar-refractivity contribution < 1.29 is 44.7 Å². The van der Waals surface area contributed by atoms with E-state index in [1.165, 1.54) is 13.1 Å². The van der Waals surface area contributed by atoms with Gasteiger partial charge in [0.05, 0.1) is 25.1 Å². The Kier molecular flexibility index (Phi) is 6.20. The normalized spacial score (nSPS) is 11.1. The SMILES string of the molecule is Cc1ncc(COC(=O)C(O)(CC(=O)O)CC(=O)O)c(CO)c1O. The van der Waals surface area contributed by atoms with E-state index in [4.69, 9.17) is 14.9 Å². The molecule has 0 radical (unpaired) electrons. The summed E-state index contributed by atoms with van der Waals surface area (Å²) in [7, 11) is 0. The minimum absolute atomic E-state index is 0.0512. The van der Waals surface area contributed by atoms with Crippen LogP contribution in [0.5, 0.6) is 5.75 Å². The summed E-state index contributed by atoms with van der Waals surface area (Å²) in [6.45, 7) is 0.371. The molecule has 1 aromatic rings. The number of esters is 1. The van der Waals surface area contributed by atoms with Crippen LogP contribution in [0.4, 0.5) is 0 Å². The molecule has 0 spiro atoms. The van der Waals surface area contributed by atoms with Crippen molar-refractivity contribution in [3.8, 4) is 5.75 Å². The molecule has 0 amide bonds. The second-order valence-electron chi connectivity index (χ2n) is 5.10. The van der Waals surface area contributed by atoms with Gasteiger partial charge in [-0.05, 0) is 6.92 Å². The molecule has 132 valence electrons. The molecule has 24 heavy (non-hydrogen) atoms. The molecule has 0 saturated heterocycles. The van der Waals surface area contributed by atoms with Crippen LogP contribution >= 0.6 is 0 Å². The predicted molar refractivity (Wildman–Crippen MR) is 75.8 cm³/mol. The molecule has 1 aromatic heterocycles. The third-order valence-corrected chi connectivity index (χ3v) is 3.21. The number of carbonyl (C=O) groups excluding carboxylic acids is 1. The third-order valence-electron chi connectivity index (χ3n) is 3.21. The zero-order chi connectivity index (χ0) is 18.5. The number of aliphatic carboxylic acids is 2. The summed E-state index contributed by atoms with van der Waals surface area (Å²) in [6, 6.07) is 0. The van der Waals surface area contributed by atoms with E-state index in [0.717, 1.165) is 0 Å². The Balaban J connectivity index is 2.95. The Hall–Kier alpha value is -2.72. The molecule has 5 N–H and O–H groups in total. The molecule has 0 atom stereocenters. The van der Waals surface area contributed by atoms with Gasteiger partial charge in [0.15, 0.2) is 5.60 Å². The summed E-state index contributed by atoms with van der Waals surface area (Å²) >= 11 is 0. The van der Waals surface area contributed by atoms with Gasteiger partial charge in [0.25, 0.3) is 0 Å². The monoisotopic (exact) mass is 343 g/mol. The lowest BCUT2D eigenvalue weighted by Gasteiger charge is -2.22. The molecule has 1 heterocycles. The Morgan fingerprint density at radius 3 is 2.21 bits per heavy atom. The van der Waals surface area contributed by atoms with Gasteiger partial charge in [0.2, 0.25) is 0 Å². The highest BCUT2D eigenvalue weighted by molar-refractivity contribution is 5.89. The number of carboxylic acid groups (broad SMARTS) is 2. The number of aliphatic hydroxyl groups is 2. The number of hydrogen-bond acceptors (Lipinski definition) is 8. The summed E-state index contributed by atoms with van der Waals surface area (Å²) in [5.74, 6) is -4.91. The minimum atomic E-state index is -2.74. The average molecular weight is 343 g/mol. The van der Waals surface area contributed by atoms with Crippen molar-refractivity contribution in [2.24, 2.45) is 0 Å². The van der Waals surface area contributed by atoms with Gasteiger partial charge in [-0.15, -0.1) is 0 Å². The van der Waals surface area contributed by atoms with Crippen LogP contribution in [0.15, 0.2) is 6.20 Å². The maximum Gasteiger partial charge on any atom is 0.339 e. The van der Waals surface area contributed by atoms with Gasteiger partial charge in [-0.3, -0.25) is 14.6 Å². The fourth-order valence-corrected chi connectivity index (χ4v) is 1.97. The van der Waals surface area contributed by atoms with Gasteiger partial charge in [0.1, 0.15) is 12.4 Å². The maximum absolute atomic E-state index is 11.9. The summed E-state index contributed by atoms with van der Waals surface area (Å²) < 4.78 is 4.75. The van der Waals surface area contributed by atoms with E-state index in [1.54, 1.807) is 0 Å². The lowest BCUT2D eigenvalue weighted by atomic mass is 9.96. The van der Waals surface area contributed by atoms with Crippen molar-refractivity contribution >= 4 is 17.9 Å². The van der Waals surface area contributed by atoms with Gasteiger partial charge in [-0.1, -0.05) is 0 Å². The number of rotatable bonds is 8. The Bertz CT molecular complexity index is 640. The van der Waals surface area contributed by atoms with Crippen LogP contribution in [0.25, 0.3) is 0 Å². The van der Waals surface area contributed by atoms with Crippen molar-refractivity contribution in [3.05, 3.63) is 23.0 Å². The van der Waals surface area contributed by atoms with Crippen LogP contribution in [-0.2, 0) is 32.3 Å². The van der Waals surface area contributed by atoms with Crippen LogP contribution in [0, 0.1) is 6.92 Å². The largest absolute Gasteiger partial charge is 0.506 e. The van der Waals surface area contributed by atoms with Crippen LogP contribution < -0.4 is 0 Å². The molecule has 1 rings (SSSR count). The number of pyridine rings is 1. The first-order chi connectivity index (χ1) is 11.1. The molecule has 0 saturated carbocycles. The molecule has 10 heteroatoms. The second kappa shape index (κ2) is 7.70. The highest BCUT2D eigenvalue weighted by Gasteiger charge is 2.42.